The number of carbonyl (C=O) groups is 1. The highest BCUT2D eigenvalue weighted by Gasteiger charge is 2.18. The first-order chi connectivity index (χ1) is 14.0. The third-order valence-corrected chi connectivity index (χ3v) is 5.69. The molecule has 0 bridgehead atoms. The summed E-state index contributed by atoms with van der Waals surface area (Å²) in [5.41, 5.74) is 2.49. The van der Waals surface area contributed by atoms with E-state index in [2.05, 4.69) is 4.90 Å². The van der Waals surface area contributed by atoms with Gasteiger partial charge in [0.2, 0.25) is 0 Å². The van der Waals surface area contributed by atoms with Crippen LogP contribution in [-0.4, -0.2) is 28.3 Å². The van der Waals surface area contributed by atoms with E-state index in [1.165, 1.54) is 24.3 Å². The lowest BCUT2D eigenvalue weighted by atomic mass is 9.95. The standard InChI is InChI=1S/C24H24F2N2O/c1-27-16-22(21-14-20(26)7-8-23(21)27)24(29)9-4-17-10-12-28(13-11-17)15-18-2-5-19(25)6-3-18/h2-9,14,16-17H,10-13,15H2,1H3. The van der Waals surface area contributed by atoms with Gasteiger partial charge in [0, 0.05) is 36.3 Å². The minimum absolute atomic E-state index is 0.0880. The van der Waals surface area contributed by atoms with Gasteiger partial charge < -0.3 is 4.57 Å². The molecule has 29 heavy (non-hydrogen) atoms. The summed E-state index contributed by atoms with van der Waals surface area (Å²) in [6.07, 6.45) is 7.36. The van der Waals surface area contributed by atoms with Gasteiger partial charge in [-0.3, -0.25) is 9.69 Å². The minimum Gasteiger partial charge on any atom is -0.350 e. The third-order valence-electron chi connectivity index (χ3n) is 5.69. The van der Waals surface area contributed by atoms with Crippen molar-refractivity contribution in [1.29, 1.82) is 0 Å². The second-order valence-electron chi connectivity index (χ2n) is 7.78. The lowest BCUT2D eigenvalue weighted by Gasteiger charge is -2.30. The summed E-state index contributed by atoms with van der Waals surface area (Å²) in [7, 11) is 1.86. The van der Waals surface area contributed by atoms with E-state index in [-0.39, 0.29) is 17.4 Å². The average molecular weight is 394 g/mol. The summed E-state index contributed by atoms with van der Waals surface area (Å²) >= 11 is 0. The first kappa shape index (κ1) is 19.5. The molecule has 1 aliphatic heterocycles. The molecule has 1 fully saturated rings. The quantitative estimate of drug-likeness (QED) is 0.444. The Morgan fingerprint density at radius 2 is 1.76 bits per heavy atom. The summed E-state index contributed by atoms with van der Waals surface area (Å²) in [5.74, 6) is -0.281. The predicted octanol–water partition coefficient (Wildman–Crippen LogP) is 5.11. The van der Waals surface area contributed by atoms with Gasteiger partial charge in [-0.15, -0.1) is 0 Å². The predicted molar refractivity (Wildman–Crippen MR) is 111 cm³/mol. The number of likely N-dealkylation sites (tertiary alicyclic amines) is 1. The number of fused-ring (bicyclic) bond motifs is 1. The van der Waals surface area contributed by atoms with Crippen LogP contribution in [0.1, 0.15) is 28.8 Å². The van der Waals surface area contributed by atoms with E-state index in [0.717, 1.165) is 43.6 Å². The Morgan fingerprint density at radius 3 is 2.48 bits per heavy atom. The van der Waals surface area contributed by atoms with Crippen molar-refractivity contribution in [2.24, 2.45) is 13.0 Å². The average Bonchev–Trinajstić information content (AvgIpc) is 3.05. The number of aryl methyl sites for hydroxylation is 1. The molecule has 1 aliphatic rings. The fourth-order valence-corrected chi connectivity index (χ4v) is 4.03. The molecule has 1 aromatic heterocycles. The van der Waals surface area contributed by atoms with Crippen LogP contribution >= 0.6 is 0 Å². The van der Waals surface area contributed by atoms with Crippen molar-refractivity contribution >= 4 is 16.7 Å². The van der Waals surface area contributed by atoms with Gasteiger partial charge in [0.1, 0.15) is 11.6 Å². The second kappa shape index (κ2) is 8.29. The molecule has 0 spiro atoms. The zero-order chi connectivity index (χ0) is 20.4. The molecule has 4 rings (SSSR count). The van der Waals surface area contributed by atoms with Gasteiger partial charge in [0.25, 0.3) is 0 Å². The number of hydrogen-bond acceptors (Lipinski definition) is 2. The van der Waals surface area contributed by atoms with Gasteiger partial charge in [0.05, 0.1) is 0 Å². The fourth-order valence-electron chi connectivity index (χ4n) is 4.03. The Hall–Kier alpha value is -2.79. The number of hydrogen-bond donors (Lipinski definition) is 0. The molecule has 1 saturated heterocycles. The number of aromatic nitrogens is 1. The van der Waals surface area contributed by atoms with E-state index >= 15 is 0 Å². The van der Waals surface area contributed by atoms with Crippen LogP contribution in [0.25, 0.3) is 10.9 Å². The Balaban J connectivity index is 1.36. The van der Waals surface area contributed by atoms with Crippen molar-refractivity contribution in [3.63, 3.8) is 0 Å². The van der Waals surface area contributed by atoms with E-state index in [1.54, 1.807) is 18.3 Å². The highest BCUT2D eigenvalue weighted by Crippen LogP contribution is 2.24. The first-order valence-electron chi connectivity index (χ1n) is 9.93. The molecule has 0 unspecified atom stereocenters. The van der Waals surface area contributed by atoms with Crippen LogP contribution in [-0.2, 0) is 13.6 Å². The van der Waals surface area contributed by atoms with Crippen molar-refractivity contribution in [2.45, 2.75) is 19.4 Å². The van der Waals surface area contributed by atoms with E-state index in [4.69, 9.17) is 0 Å². The smallest absolute Gasteiger partial charge is 0.187 e. The van der Waals surface area contributed by atoms with Crippen LogP contribution in [0.3, 0.4) is 0 Å². The lowest BCUT2D eigenvalue weighted by Crippen LogP contribution is -2.32. The molecule has 2 aromatic carbocycles. The number of piperidine rings is 1. The normalized spacial score (nSPS) is 16.1. The molecule has 0 radical (unpaired) electrons. The molecule has 0 aliphatic carbocycles. The fraction of sp³-hybridized carbons (Fsp3) is 0.292. The molecule has 3 nitrogen and oxygen atoms in total. The van der Waals surface area contributed by atoms with E-state index in [9.17, 15) is 13.6 Å². The van der Waals surface area contributed by atoms with E-state index in [1.807, 2.05) is 29.8 Å². The Labute approximate surface area is 169 Å². The topological polar surface area (TPSA) is 25.2 Å². The van der Waals surface area contributed by atoms with E-state index < -0.39 is 0 Å². The third kappa shape index (κ3) is 4.46. The number of carbonyl (C=O) groups excluding carboxylic acids is 1. The van der Waals surface area contributed by atoms with Gasteiger partial charge in [-0.05, 0) is 73.8 Å². The van der Waals surface area contributed by atoms with Crippen LogP contribution in [0, 0.1) is 17.6 Å². The van der Waals surface area contributed by atoms with Crippen LogP contribution < -0.4 is 0 Å². The highest BCUT2D eigenvalue weighted by atomic mass is 19.1. The number of ketones is 1. The number of rotatable bonds is 5. The maximum absolute atomic E-state index is 13.6. The van der Waals surface area contributed by atoms with Crippen molar-refractivity contribution < 1.29 is 13.6 Å². The molecule has 0 saturated carbocycles. The SMILES string of the molecule is Cn1cc(C(=O)C=CC2CCN(Cc3ccc(F)cc3)CC2)c2cc(F)ccc21. The largest absolute Gasteiger partial charge is 0.350 e. The van der Waals surface area contributed by atoms with E-state index in [0.29, 0.717) is 16.9 Å². The molecular formula is C24H24F2N2O. The van der Waals surface area contributed by atoms with Crippen molar-refractivity contribution in [1.82, 2.24) is 9.47 Å². The zero-order valence-electron chi connectivity index (χ0n) is 16.4. The molecule has 0 atom stereocenters. The minimum atomic E-state index is -0.338. The molecule has 3 aromatic rings. The van der Waals surface area contributed by atoms with Crippen LogP contribution in [0.4, 0.5) is 8.78 Å². The molecular weight excluding hydrogens is 370 g/mol. The molecule has 0 amide bonds. The molecule has 2 heterocycles. The summed E-state index contributed by atoms with van der Waals surface area (Å²) in [4.78, 5) is 15.0. The molecule has 150 valence electrons. The number of benzene rings is 2. The van der Waals surface area contributed by atoms with Gasteiger partial charge in [0.15, 0.2) is 5.78 Å². The van der Waals surface area contributed by atoms with Gasteiger partial charge in [-0.25, -0.2) is 8.78 Å². The summed E-state index contributed by atoms with van der Waals surface area (Å²) < 4.78 is 28.5. The maximum atomic E-state index is 13.6. The lowest BCUT2D eigenvalue weighted by molar-refractivity contribution is 0.104. The Bertz CT molecular complexity index is 1040. The van der Waals surface area contributed by atoms with Crippen LogP contribution in [0.2, 0.25) is 0 Å². The molecule has 5 heteroatoms. The summed E-state index contributed by atoms with van der Waals surface area (Å²) in [5, 5.41) is 0.649. The van der Waals surface area contributed by atoms with Gasteiger partial charge >= 0.3 is 0 Å². The van der Waals surface area contributed by atoms with Gasteiger partial charge in [-0.2, -0.15) is 0 Å². The summed E-state index contributed by atoms with van der Waals surface area (Å²) in [6, 6.07) is 11.2. The summed E-state index contributed by atoms with van der Waals surface area (Å²) in [6.45, 7) is 2.71. The van der Waals surface area contributed by atoms with Gasteiger partial charge in [-0.1, -0.05) is 18.2 Å². The highest BCUT2D eigenvalue weighted by molar-refractivity contribution is 6.13. The Morgan fingerprint density at radius 1 is 1.07 bits per heavy atom. The Kier molecular flexibility index (Phi) is 5.58. The van der Waals surface area contributed by atoms with Crippen molar-refractivity contribution in [3.05, 3.63) is 83.6 Å². The number of allylic oxidation sites excluding steroid dienone is 2. The maximum Gasteiger partial charge on any atom is 0.187 e. The molecule has 0 N–H and O–H groups in total. The second-order valence-corrected chi connectivity index (χ2v) is 7.78. The zero-order valence-corrected chi connectivity index (χ0v) is 16.4. The van der Waals surface area contributed by atoms with Crippen LogP contribution in [0.5, 0.6) is 0 Å². The number of halogens is 2. The monoisotopic (exact) mass is 394 g/mol. The first-order valence-corrected chi connectivity index (χ1v) is 9.93. The van der Waals surface area contributed by atoms with Crippen LogP contribution in [0.15, 0.2) is 60.8 Å². The number of nitrogens with zero attached hydrogens (tertiary/aromatic N) is 2. The van der Waals surface area contributed by atoms with Crippen molar-refractivity contribution in [3.8, 4) is 0 Å². The van der Waals surface area contributed by atoms with Crippen molar-refractivity contribution in [2.75, 3.05) is 13.1 Å².